The van der Waals surface area contributed by atoms with Crippen molar-refractivity contribution in [2.24, 2.45) is 11.8 Å². The lowest BCUT2D eigenvalue weighted by Gasteiger charge is -2.26. The van der Waals surface area contributed by atoms with Gasteiger partial charge in [-0.2, -0.15) is 5.26 Å². The van der Waals surface area contributed by atoms with E-state index in [2.05, 4.69) is 117 Å². The second-order valence-electron chi connectivity index (χ2n) is 16.5. The lowest BCUT2D eigenvalue weighted by atomic mass is 9.90. The summed E-state index contributed by atoms with van der Waals surface area (Å²) in [7, 11) is 3.12. The molecule has 3 aromatic rings. The van der Waals surface area contributed by atoms with E-state index in [0.29, 0.717) is 35.1 Å². The molecule has 1 fully saturated rings. The topological polar surface area (TPSA) is 62.6 Å². The number of carbonyl (C=O) groups excluding carboxylic acids is 1. The largest absolute Gasteiger partial charge is 0.465 e. The minimum atomic E-state index is -0.286. The van der Waals surface area contributed by atoms with Gasteiger partial charge in [0.05, 0.1) is 30.4 Å². The molecule has 0 heterocycles. The highest BCUT2D eigenvalue weighted by atomic mass is 19.1. The van der Waals surface area contributed by atoms with Gasteiger partial charge in [-0.3, -0.25) is 4.90 Å². The number of allylic oxidation sites excluding steroid dienone is 2. The Morgan fingerprint density at radius 2 is 1.53 bits per heavy atom. The van der Waals surface area contributed by atoms with Crippen molar-refractivity contribution in [3.8, 4) is 6.07 Å². The Morgan fingerprint density at radius 3 is 1.94 bits per heavy atom. The van der Waals surface area contributed by atoms with Crippen LogP contribution in [-0.2, 0) is 22.3 Å². The van der Waals surface area contributed by atoms with Crippen LogP contribution in [0.3, 0.4) is 0 Å². The van der Waals surface area contributed by atoms with Gasteiger partial charge in [0.25, 0.3) is 0 Å². The molecule has 0 saturated heterocycles. The summed E-state index contributed by atoms with van der Waals surface area (Å²) in [5.41, 5.74) is 10.2. The van der Waals surface area contributed by atoms with Crippen LogP contribution in [0.4, 0.5) is 4.39 Å². The van der Waals surface area contributed by atoms with Crippen LogP contribution in [0.1, 0.15) is 177 Å². The van der Waals surface area contributed by atoms with Gasteiger partial charge in [0.2, 0.25) is 0 Å². The van der Waals surface area contributed by atoms with Gasteiger partial charge >= 0.3 is 5.97 Å². The van der Waals surface area contributed by atoms with Gasteiger partial charge in [0.1, 0.15) is 5.82 Å². The molecule has 0 N–H and O–H groups in total. The van der Waals surface area contributed by atoms with E-state index < -0.39 is 0 Å². The molecule has 6 heteroatoms. The normalized spacial score (nSPS) is 15.0. The maximum absolute atomic E-state index is 12.9. The summed E-state index contributed by atoms with van der Waals surface area (Å²) in [6.07, 6.45) is 13.9. The smallest absolute Gasteiger partial charge is 0.337 e. The summed E-state index contributed by atoms with van der Waals surface area (Å²) in [5.74, 6) is 1.82. The Morgan fingerprint density at radius 1 is 0.903 bits per heavy atom. The third-order valence-corrected chi connectivity index (χ3v) is 11.7. The fourth-order valence-corrected chi connectivity index (χ4v) is 6.54. The average Bonchev–Trinajstić information content (AvgIpc) is 4.02. The van der Waals surface area contributed by atoms with Crippen LogP contribution >= 0.6 is 0 Å². The molecule has 0 radical (unpaired) electrons. The quantitative estimate of drug-likeness (QED) is 0.113. The second-order valence-corrected chi connectivity index (χ2v) is 16.5. The fourth-order valence-electron chi connectivity index (χ4n) is 6.54. The molecule has 0 aromatic heterocycles. The third kappa shape index (κ3) is 24.0. The van der Waals surface area contributed by atoms with Crippen LogP contribution in [0.15, 0.2) is 78.9 Å². The highest BCUT2D eigenvalue weighted by molar-refractivity contribution is 5.89. The SMILES string of the molecule is C=CC.CC=C(CN(CCC)C1CC1C)C(C)CC.CCC(C)OC.CCCc1cccc(C(C)CC)c1C.CCc1ccc(C#N)cc1F.COC(=O)c1ccc(C)c(C)c1. The number of carbonyl (C=O) groups is 1. The standard InChI is InChI=1S/C15H29N.C14H22.C10H12O2.C9H8FN.C5H12O.C3H6/c1-6-9-16(15-10-13(15)5)11-14(8-3)12(4)7-2;1-5-8-13-9-7-10-14(12(13)4)11(3)6-2;1-7-4-5-9(6-8(7)2)10(11)12-3;1-2-8-4-3-7(6-11)5-9(8)10;1-4-5(2)6-3;1-3-2/h8,12-13,15H,6-7,9-11H2,1-5H3;7,9-11H,5-6,8H2,1-4H3;4-6H,1-3H3;3-5H,2H2,1H3;5H,4H2,1-3H3;3H,1H2,2H3. The number of hydrogen-bond acceptors (Lipinski definition) is 5. The summed E-state index contributed by atoms with van der Waals surface area (Å²) in [6.45, 7) is 38.4. The number of esters is 1. The maximum Gasteiger partial charge on any atom is 0.337 e. The number of aryl methyl sites for hydroxylation is 4. The molecule has 5 atom stereocenters. The van der Waals surface area contributed by atoms with E-state index in [0.717, 1.165) is 29.9 Å². The van der Waals surface area contributed by atoms with E-state index in [1.807, 2.05) is 45.9 Å². The van der Waals surface area contributed by atoms with Gasteiger partial charge in [0, 0.05) is 19.7 Å². The fraction of sp³-hybridized carbons (Fsp3) is 0.571. The minimum Gasteiger partial charge on any atom is -0.465 e. The Kier molecular flexibility index (Phi) is 34.3. The van der Waals surface area contributed by atoms with Gasteiger partial charge in [-0.1, -0.05) is 117 Å². The molecule has 1 saturated carbocycles. The Balaban J connectivity index is 0. The first-order valence-electron chi connectivity index (χ1n) is 23.4. The summed E-state index contributed by atoms with van der Waals surface area (Å²) in [6, 6.07) is 19.6. The molecule has 348 valence electrons. The molecule has 3 aromatic carbocycles. The third-order valence-electron chi connectivity index (χ3n) is 11.7. The summed E-state index contributed by atoms with van der Waals surface area (Å²) in [5, 5.41) is 8.41. The van der Waals surface area contributed by atoms with Crippen molar-refractivity contribution in [3.63, 3.8) is 0 Å². The molecule has 5 nitrogen and oxygen atoms in total. The van der Waals surface area contributed by atoms with Crippen molar-refractivity contribution >= 4 is 5.97 Å². The van der Waals surface area contributed by atoms with Crippen LogP contribution in [0, 0.1) is 49.8 Å². The zero-order chi connectivity index (χ0) is 47.8. The summed E-state index contributed by atoms with van der Waals surface area (Å²) >= 11 is 0. The second kappa shape index (κ2) is 35.4. The molecule has 0 bridgehead atoms. The number of halogens is 1. The first-order valence-corrected chi connectivity index (χ1v) is 23.4. The van der Waals surface area contributed by atoms with Crippen LogP contribution < -0.4 is 0 Å². The van der Waals surface area contributed by atoms with Crippen molar-refractivity contribution in [3.05, 3.63) is 129 Å². The van der Waals surface area contributed by atoms with Gasteiger partial charge in [-0.25, -0.2) is 9.18 Å². The number of rotatable bonds is 15. The van der Waals surface area contributed by atoms with Crippen molar-refractivity contribution in [2.75, 3.05) is 27.3 Å². The van der Waals surface area contributed by atoms with Gasteiger partial charge in [-0.05, 0) is 168 Å². The maximum atomic E-state index is 12.9. The zero-order valence-electron chi connectivity index (χ0n) is 42.5. The van der Waals surface area contributed by atoms with Gasteiger partial charge < -0.3 is 9.47 Å². The van der Waals surface area contributed by atoms with Crippen molar-refractivity contribution in [2.45, 2.75) is 173 Å². The zero-order valence-corrected chi connectivity index (χ0v) is 42.5. The van der Waals surface area contributed by atoms with Crippen LogP contribution in [0.2, 0.25) is 0 Å². The van der Waals surface area contributed by atoms with Crippen LogP contribution in [0.5, 0.6) is 0 Å². The van der Waals surface area contributed by atoms with Gasteiger partial charge in [0.15, 0.2) is 0 Å². The molecule has 0 aliphatic heterocycles. The van der Waals surface area contributed by atoms with E-state index in [1.54, 1.807) is 42.5 Å². The minimum absolute atomic E-state index is 0.280. The Hall–Kier alpha value is -4.05. The monoisotopic (exact) mass is 857 g/mol. The van der Waals surface area contributed by atoms with Crippen LogP contribution in [-0.4, -0.2) is 50.3 Å². The Labute approximate surface area is 381 Å². The van der Waals surface area contributed by atoms with Crippen molar-refractivity contribution < 1.29 is 18.7 Å². The number of nitriles is 1. The van der Waals surface area contributed by atoms with Gasteiger partial charge in [-0.15, -0.1) is 6.58 Å². The van der Waals surface area contributed by atoms with E-state index in [1.165, 1.54) is 81.5 Å². The number of nitrogens with zero attached hydrogens (tertiary/aromatic N) is 2. The van der Waals surface area contributed by atoms with Crippen molar-refractivity contribution in [1.82, 2.24) is 4.90 Å². The van der Waals surface area contributed by atoms with Crippen LogP contribution in [0.25, 0.3) is 0 Å². The molecule has 1 aliphatic carbocycles. The first-order chi connectivity index (χ1) is 29.5. The highest BCUT2D eigenvalue weighted by Gasteiger charge is 2.37. The number of hydrogen-bond donors (Lipinski definition) is 0. The molecule has 0 amide bonds. The lowest BCUT2D eigenvalue weighted by Crippen LogP contribution is -2.31. The Bertz CT molecular complexity index is 1740. The number of benzene rings is 3. The lowest BCUT2D eigenvalue weighted by molar-refractivity contribution is 0.0600. The first kappa shape index (κ1) is 60.0. The predicted molar refractivity (Wildman–Crippen MR) is 267 cm³/mol. The molecular weight excluding hydrogens is 768 g/mol. The van der Waals surface area contributed by atoms with E-state index in [9.17, 15) is 9.18 Å². The average molecular weight is 857 g/mol. The van der Waals surface area contributed by atoms with E-state index >= 15 is 0 Å². The summed E-state index contributed by atoms with van der Waals surface area (Å²) in [4.78, 5) is 13.8. The number of methoxy groups -OCH3 is 2. The molecule has 62 heavy (non-hydrogen) atoms. The number of ether oxygens (including phenoxy) is 2. The molecule has 5 unspecified atom stereocenters. The molecule has 0 spiro atoms. The summed E-state index contributed by atoms with van der Waals surface area (Å²) < 4.78 is 22.4. The van der Waals surface area contributed by atoms with Crippen molar-refractivity contribution in [1.29, 1.82) is 5.26 Å². The molecule has 4 rings (SSSR count). The van der Waals surface area contributed by atoms with E-state index in [-0.39, 0.29) is 11.8 Å². The predicted octanol–water partition coefficient (Wildman–Crippen LogP) is 15.5. The molecular formula is C56H89FN2O3. The highest BCUT2D eigenvalue weighted by Crippen LogP contribution is 2.36. The van der Waals surface area contributed by atoms with E-state index in [4.69, 9.17) is 10.00 Å². The molecule has 1 aliphatic rings.